The van der Waals surface area contributed by atoms with E-state index in [0.29, 0.717) is 17.7 Å². The van der Waals surface area contributed by atoms with E-state index in [0.717, 1.165) is 5.39 Å². The summed E-state index contributed by atoms with van der Waals surface area (Å²) in [6.07, 6.45) is 0.617. The van der Waals surface area contributed by atoms with Crippen molar-refractivity contribution in [1.82, 2.24) is 0 Å². The zero-order chi connectivity index (χ0) is 14.5. The van der Waals surface area contributed by atoms with E-state index < -0.39 is 5.97 Å². The quantitative estimate of drug-likeness (QED) is 0.511. The van der Waals surface area contributed by atoms with Crippen LogP contribution in [-0.2, 0) is 14.3 Å². The first-order valence-electron chi connectivity index (χ1n) is 6.13. The van der Waals surface area contributed by atoms with Gasteiger partial charge in [-0.2, -0.15) is 0 Å². The normalized spacial score (nSPS) is 10.4. The number of benzene rings is 1. The number of fused-ring (bicyclic) bond motifs is 1. The van der Waals surface area contributed by atoms with E-state index in [1.54, 1.807) is 24.3 Å². The lowest BCUT2D eigenvalue weighted by atomic mass is 10.2. The highest BCUT2D eigenvalue weighted by Gasteiger charge is 2.14. The number of nitrogen functional groups attached to an aromatic ring is 1. The van der Waals surface area contributed by atoms with Gasteiger partial charge >= 0.3 is 11.9 Å². The molecule has 6 heteroatoms. The topological polar surface area (TPSA) is 91.8 Å². The molecule has 2 rings (SSSR count). The Morgan fingerprint density at radius 1 is 1.30 bits per heavy atom. The molecule has 0 amide bonds. The van der Waals surface area contributed by atoms with Gasteiger partial charge in [0.2, 0.25) is 5.76 Å². The number of nitrogens with two attached hydrogens (primary N) is 1. The SMILES string of the molecule is COC(=O)CCCOC(=O)c1cc2cc(N)ccc2o1. The largest absolute Gasteiger partial charge is 0.469 e. The monoisotopic (exact) mass is 277 g/mol. The average molecular weight is 277 g/mol. The van der Waals surface area contributed by atoms with E-state index in [1.807, 2.05) is 0 Å². The van der Waals surface area contributed by atoms with E-state index in [-0.39, 0.29) is 24.8 Å². The van der Waals surface area contributed by atoms with Gasteiger partial charge < -0.3 is 19.6 Å². The Bertz CT molecular complexity index is 632. The van der Waals surface area contributed by atoms with Gasteiger partial charge in [0.15, 0.2) is 0 Å². The summed E-state index contributed by atoms with van der Waals surface area (Å²) in [6, 6.07) is 6.68. The number of carbonyl (C=O) groups excluding carboxylic acids is 2. The van der Waals surface area contributed by atoms with Gasteiger partial charge in [-0.05, 0) is 30.7 Å². The standard InChI is InChI=1S/C14H15NO5/c1-18-13(16)3-2-6-19-14(17)12-8-9-7-10(15)4-5-11(9)20-12/h4-5,7-8H,2-3,6,15H2,1H3. The summed E-state index contributed by atoms with van der Waals surface area (Å²) in [6.45, 7) is 0.132. The number of ether oxygens (including phenoxy) is 2. The molecule has 0 fully saturated rings. The Hall–Kier alpha value is -2.50. The maximum Gasteiger partial charge on any atom is 0.374 e. The minimum Gasteiger partial charge on any atom is -0.469 e. The number of hydrogen-bond acceptors (Lipinski definition) is 6. The minimum atomic E-state index is -0.565. The van der Waals surface area contributed by atoms with Crippen molar-refractivity contribution in [1.29, 1.82) is 0 Å². The van der Waals surface area contributed by atoms with Crippen molar-refractivity contribution in [3.63, 3.8) is 0 Å². The van der Waals surface area contributed by atoms with E-state index >= 15 is 0 Å². The summed E-state index contributed by atoms with van der Waals surface area (Å²) >= 11 is 0. The summed E-state index contributed by atoms with van der Waals surface area (Å²) in [5, 5.41) is 0.742. The van der Waals surface area contributed by atoms with Crippen LogP contribution in [0.3, 0.4) is 0 Å². The number of rotatable bonds is 5. The molecule has 2 aromatic rings. The summed E-state index contributed by atoms with van der Waals surface area (Å²) in [5.74, 6) is -0.784. The lowest BCUT2D eigenvalue weighted by Gasteiger charge is -2.01. The van der Waals surface area contributed by atoms with Gasteiger partial charge in [-0.3, -0.25) is 4.79 Å². The van der Waals surface area contributed by atoms with Crippen LogP contribution in [-0.4, -0.2) is 25.7 Å². The first-order chi connectivity index (χ1) is 9.60. The summed E-state index contributed by atoms with van der Waals surface area (Å²) < 4.78 is 14.9. The molecule has 1 aromatic carbocycles. The molecule has 1 aromatic heterocycles. The molecular weight excluding hydrogens is 262 g/mol. The third kappa shape index (κ3) is 3.28. The zero-order valence-corrected chi connectivity index (χ0v) is 11.0. The first-order valence-corrected chi connectivity index (χ1v) is 6.13. The smallest absolute Gasteiger partial charge is 0.374 e. The van der Waals surface area contributed by atoms with Crippen molar-refractivity contribution >= 4 is 28.6 Å². The van der Waals surface area contributed by atoms with Gasteiger partial charge in [-0.25, -0.2) is 4.79 Å². The first kappa shape index (κ1) is 13.9. The average Bonchev–Trinajstić information content (AvgIpc) is 2.86. The number of carbonyl (C=O) groups is 2. The Kier molecular flexibility index (Phi) is 4.24. The predicted octanol–water partition coefficient (Wildman–Crippen LogP) is 2.12. The van der Waals surface area contributed by atoms with Crippen LogP contribution in [0.5, 0.6) is 0 Å². The molecule has 0 bridgehead atoms. The van der Waals surface area contributed by atoms with Crippen molar-refractivity contribution in [2.45, 2.75) is 12.8 Å². The van der Waals surface area contributed by atoms with Crippen LogP contribution in [0.4, 0.5) is 5.69 Å². The Morgan fingerprint density at radius 3 is 2.85 bits per heavy atom. The van der Waals surface area contributed by atoms with Gasteiger partial charge in [-0.1, -0.05) is 0 Å². The van der Waals surface area contributed by atoms with Gasteiger partial charge in [0.25, 0.3) is 0 Å². The fourth-order valence-electron chi connectivity index (χ4n) is 1.72. The van der Waals surface area contributed by atoms with Crippen LogP contribution in [0, 0.1) is 0 Å². The Balaban J connectivity index is 1.92. The molecule has 0 atom stereocenters. The molecular formula is C14H15NO5. The molecule has 0 aliphatic heterocycles. The van der Waals surface area contributed by atoms with E-state index in [4.69, 9.17) is 14.9 Å². The van der Waals surface area contributed by atoms with Crippen LogP contribution < -0.4 is 5.73 Å². The molecule has 0 unspecified atom stereocenters. The van der Waals surface area contributed by atoms with Gasteiger partial charge in [-0.15, -0.1) is 0 Å². The third-order valence-electron chi connectivity index (χ3n) is 2.73. The molecule has 20 heavy (non-hydrogen) atoms. The van der Waals surface area contributed by atoms with E-state index in [1.165, 1.54) is 7.11 Å². The predicted molar refractivity (Wildman–Crippen MR) is 72.2 cm³/mol. The number of furan rings is 1. The Labute approximate surface area is 115 Å². The van der Waals surface area contributed by atoms with Crippen molar-refractivity contribution in [3.8, 4) is 0 Å². The zero-order valence-electron chi connectivity index (χ0n) is 11.0. The number of hydrogen-bond donors (Lipinski definition) is 1. The molecule has 0 radical (unpaired) electrons. The molecule has 106 valence electrons. The van der Waals surface area contributed by atoms with Gasteiger partial charge in [0, 0.05) is 17.5 Å². The van der Waals surface area contributed by atoms with Crippen molar-refractivity contribution < 1.29 is 23.5 Å². The molecule has 0 spiro atoms. The maximum absolute atomic E-state index is 11.8. The molecule has 0 aliphatic rings. The van der Waals surface area contributed by atoms with Crippen LogP contribution in [0.1, 0.15) is 23.4 Å². The molecule has 0 saturated heterocycles. The van der Waals surface area contributed by atoms with Crippen LogP contribution in [0.2, 0.25) is 0 Å². The minimum absolute atomic E-state index is 0.115. The van der Waals surface area contributed by atoms with E-state index in [2.05, 4.69) is 4.74 Å². The second-order valence-electron chi connectivity index (χ2n) is 4.22. The Morgan fingerprint density at radius 2 is 2.10 bits per heavy atom. The summed E-state index contributed by atoms with van der Waals surface area (Å²) in [7, 11) is 1.31. The highest BCUT2D eigenvalue weighted by molar-refractivity contribution is 5.93. The highest BCUT2D eigenvalue weighted by atomic mass is 16.5. The number of esters is 2. The van der Waals surface area contributed by atoms with Crippen molar-refractivity contribution in [2.75, 3.05) is 19.5 Å². The maximum atomic E-state index is 11.8. The molecule has 2 N–H and O–H groups in total. The second kappa shape index (κ2) is 6.10. The summed E-state index contributed by atoms with van der Waals surface area (Å²) in [5.41, 5.74) is 6.81. The van der Waals surface area contributed by atoms with Gasteiger partial charge in [0.05, 0.1) is 13.7 Å². The highest BCUT2D eigenvalue weighted by Crippen LogP contribution is 2.22. The lowest BCUT2D eigenvalue weighted by molar-refractivity contribution is -0.140. The second-order valence-corrected chi connectivity index (χ2v) is 4.22. The molecule has 1 heterocycles. The molecule has 6 nitrogen and oxygen atoms in total. The van der Waals surface area contributed by atoms with Crippen molar-refractivity contribution in [3.05, 3.63) is 30.0 Å². The third-order valence-corrected chi connectivity index (χ3v) is 2.73. The van der Waals surface area contributed by atoms with E-state index in [9.17, 15) is 9.59 Å². The lowest BCUT2D eigenvalue weighted by Crippen LogP contribution is -2.07. The molecule has 0 saturated carbocycles. The fourth-order valence-corrected chi connectivity index (χ4v) is 1.72. The number of anilines is 1. The van der Waals surface area contributed by atoms with Crippen LogP contribution in [0.15, 0.2) is 28.7 Å². The number of methoxy groups -OCH3 is 1. The van der Waals surface area contributed by atoms with Crippen molar-refractivity contribution in [2.24, 2.45) is 0 Å². The van der Waals surface area contributed by atoms with Gasteiger partial charge in [0.1, 0.15) is 5.58 Å². The molecule has 0 aliphatic carbocycles. The summed E-state index contributed by atoms with van der Waals surface area (Å²) in [4.78, 5) is 22.6. The van der Waals surface area contributed by atoms with Crippen LogP contribution >= 0.6 is 0 Å². The fraction of sp³-hybridized carbons (Fsp3) is 0.286. The van der Waals surface area contributed by atoms with Crippen LogP contribution in [0.25, 0.3) is 11.0 Å².